The van der Waals surface area contributed by atoms with E-state index >= 15 is 0 Å². The minimum Gasteiger partial charge on any atom is -0.376 e. The van der Waals surface area contributed by atoms with E-state index in [1.807, 2.05) is 26.0 Å². The van der Waals surface area contributed by atoms with Crippen LogP contribution in [-0.2, 0) is 9.53 Å². The highest BCUT2D eigenvalue weighted by molar-refractivity contribution is 5.98. The van der Waals surface area contributed by atoms with Crippen LogP contribution in [0.15, 0.2) is 42.5 Å². The van der Waals surface area contributed by atoms with Crippen LogP contribution in [-0.4, -0.2) is 37.6 Å². The second-order valence-electron chi connectivity index (χ2n) is 7.20. The number of rotatable bonds is 7. The first-order chi connectivity index (χ1) is 13.5. The molecule has 0 aliphatic carbocycles. The third kappa shape index (κ3) is 5.82. The Morgan fingerprint density at radius 3 is 2.57 bits per heavy atom. The highest BCUT2D eigenvalue weighted by atomic mass is 16.5. The van der Waals surface area contributed by atoms with Crippen molar-refractivity contribution in [2.75, 3.05) is 30.3 Å². The maximum absolute atomic E-state index is 12.3. The van der Waals surface area contributed by atoms with Crippen LogP contribution in [0.2, 0.25) is 0 Å². The molecule has 1 saturated heterocycles. The smallest absolute Gasteiger partial charge is 0.251 e. The number of anilines is 2. The second kappa shape index (κ2) is 9.37. The summed E-state index contributed by atoms with van der Waals surface area (Å²) in [6.45, 7) is 5.47. The summed E-state index contributed by atoms with van der Waals surface area (Å²) < 4.78 is 5.51. The average Bonchev–Trinajstić information content (AvgIpc) is 3.17. The fourth-order valence-electron chi connectivity index (χ4n) is 3.32. The number of carbonyl (C=O) groups is 2. The van der Waals surface area contributed by atoms with Crippen LogP contribution in [0.4, 0.5) is 11.4 Å². The lowest BCUT2D eigenvalue weighted by Gasteiger charge is -2.12. The normalized spacial score (nSPS) is 15.9. The van der Waals surface area contributed by atoms with Crippen molar-refractivity contribution in [3.63, 3.8) is 0 Å². The molecule has 1 unspecified atom stereocenters. The quantitative estimate of drug-likeness (QED) is 0.688. The zero-order valence-electron chi connectivity index (χ0n) is 16.4. The van der Waals surface area contributed by atoms with E-state index in [-0.39, 0.29) is 24.5 Å². The fraction of sp³-hybridized carbons (Fsp3) is 0.364. The second-order valence-corrected chi connectivity index (χ2v) is 7.20. The predicted molar refractivity (Wildman–Crippen MR) is 111 cm³/mol. The Morgan fingerprint density at radius 2 is 1.86 bits per heavy atom. The predicted octanol–water partition coefficient (Wildman–Crippen LogP) is 3.26. The lowest BCUT2D eigenvalue weighted by Crippen LogP contribution is -2.31. The zero-order chi connectivity index (χ0) is 19.9. The first-order valence-electron chi connectivity index (χ1n) is 9.61. The highest BCUT2D eigenvalue weighted by Crippen LogP contribution is 2.15. The first kappa shape index (κ1) is 19.9. The lowest BCUT2D eigenvalue weighted by molar-refractivity contribution is -0.114. The number of aryl methyl sites for hydroxylation is 2. The molecule has 1 atom stereocenters. The average molecular weight is 381 g/mol. The van der Waals surface area contributed by atoms with E-state index in [9.17, 15) is 9.59 Å². The third-order valence-electron chi connectivity index (χ3n) is 4.60. The van der Waals surface area contributed by atoms with Gasteiger partial charge in [-0.1, -0.05) is 12.1 Å². The maximum Gasteiger partial charge on any atom is 0.251 e. The van der Waals surface area contributed by atoms with Gasteiger partial charge in [-0.05, 0) is 68.1 Å². The fourth-order valence-corrected chi connectivity index (χ4v) is 3.32. The Morgan fingerprint density at radius 1 is 1.07 bits per heavy atom. The van der Waals surface area contributed by atoms with E-state index in [2.05, 4.69) is 22.0 Å². The van der Waals surface area contributed by atoms with E-state index in [0.717, 1.165) is 36.3 Å². The number of nitrogens with one attached hydrogen (secondary N) is 3. The summed E-state index contributed by atoms with van der Waals surface area (Å²) in [5, 5.41) is 8.85. The molecule has 1 heterocycles. The van der Waals surface area contributed by atoms with Crippen LogP contribution in [0.5, 0.6) is 0 Å². The molecule has 0 radical (unpaired) electrons. The molecule has 3 N–H and O–H groups in total. The molecule has 0 saturated carbocycles. The van der Waals surface area contributed by atoms with Crippen LogP contribution >= 0.6 is 0 Å². The van der Waals surface area contributed by atoms with Crippen LogP contribution in [0.25, 0.3) is 0 Å². The molecular formula is C22H27N3O3. The zero-order valence-corrected chi connectivity index (χ0v) is 16.4. The van der Waals surface area contributed by atoms with Gasteiger partial charge in [0.15, 0.2) is 0 Å². The summed E-state index contributed by atoms with van der Waals surface area (Å²) in [6, 6.07) is 13.0. The van der Waals surface area contributed by atoms with Crippen molar-refractivity contribution in [3.05, 3.63) is 59.2 Å². The van der Waals surface area contributed by atoms with Crippen molar-refractivity contribution in [2.45, 2.75) is 32.8 Å². The Balaban J connectivity index is 1.51. The van der Waals surface area contributed by atoms with Crippen molar-refractivity contribution in [1.29, 1.82) is 0 Å². The summed E-state index contributed by atoms with van der Waals surface area (Å²) in [5.74, 6) is -0.337. The van der Waals surface area contributed by atoms with Gasteiger partial charge in [0.2, 0.25) is 5.91 Å². The molecule has 0 spiro atoms. The molecule has 3 rings (SSSR count). The molecular weight excluding hydrogens is 354 g/mol. The van der Waals surface area contributed by atoms with Crippen molar-refractivity contribution in [1.82, 2.24) is 5.32 Å². The summed E-state index contributed by atoms with van der Waals surface area (Å²) in [5.41, 5.74) is 4.30. The highest BCUT2D eigenvalue weighted by Gasteiger charge is 2.16. The standard InChI is InChI=1S/C22H27N3O3/c1-15-9-16(2)11-19(10-15)23-14-21(26)25-18-6-3-5-17(12-18)22(27)24-13-20-7-4-8-28-20/h3,5-6,9-12,20,23H,4,7-8,13-14H2,1-2H3,(H,24,27)(H,25,26). The minimum atomic E-state index is -0.170. The van der Waals surface area contributed by atoms with Crippen molar-refractivity contribution < 1.29 is 14.3 Å². The van der Waals surface area contributed by atoms with Gasteiger partial charge in [0.1, 0.15) is 0 Å². The molecule has 0 bridgehead atoms. The SMILES string of the molecule is Cc1cc(C)cc(NCC(=O)Nc2cccc(C(=O)NCC3CCCO3)c2)c1. The summed E-state index contributed by atoms with van der Waals surface area (Å²) in [6.07, 6.45) is 2.12. The molecule has 2 aromatic carbocycles. The molecule has 6 nitrogen and oxygen atoms in total. The first-order valence-corrected chi connectivity index (χ1v) is 9.61. The van der Waals surface area contributed by atoms with E-state index in [1.54, 1.807) is 24.3 Å². The van der Waals surface area contributed by atoms with Gasteiger partial charge in [0, 0.05) is 30.1 Å². The van der Waals surface area contributed by atoms with Crippen LogP contribution in [0, 0.1) is 13.8 Å². The number of amides is 2. The van der Waals surface area contributed by atoms with E-state index < -0.39 is 0 Å². The van der Waals surface area contributed by atoms with Gasteiger partial charge < -0.3 is 20.7 Å². The van der Waals surface area contributed by atoms with E-state index in [0.29, 0.717) is 17.8 Å². The third-order valence-corrected chi connectivity index (χ3v) is 4.60. The van der Waals surface area contributed by atoms with Gasteiger partial charge in [0.25, 0.3) is 5.91 Å². The van der Waals surface area contributed by atoms with Crippen molar-refractivity contribution in [3.8, 4) is 0 Å². The minimum absolute atomic E-state index is 0.100. The van der Waals surface area contributed by atoms with E-state index in [1.165, 1.54) is 0 Å². The van der Waals surface area contributed by atoms with Crippen LogP contribution in [0.1, 0.15) is 34.3 Å². The van der Waals surface area contributed by atoms with Crippen molar-refractivity contribution in [2.24, 2.45) is 0 Å². The topological polar surface area (TPSA) is 79.5 Å². The van der Waals surface area contributed by atoms with Gasteiger partial charge in [-0.15, -0.1) is 0 Å². The van der Waals surface area contributed by atoms with Gasteiger partial charge >= 0.3 is 0 Å². The molecule has 2 aromatic rings. The van der Waals surface area contributed by atoms with Crippen LogP contribution < -0.4 is 16.0 Å². The number of hydrogen-bond acceptors (Lipinski definition) is 4. The number of hydrogen-bond donors (Lipinski definition) is 3. The molecule has 148 valence electrons. The Kier molecular flexibility index (Phi) is 6.66. The molecule has 1 aliphatic heterocycles. The summed E-state index contributed by atoms with van der Waals surface area (Å²) in [7, 11) is 0. The number of carbonyl (C=O) groups excluding carboxylic acids is 2. The Bertz CT molecular complexity index is 824. The van der Waals surface area contributed by atoms with Gasteiger partial charge in [0.05, 0.1) is 12.6 Å². The molecule has 2 amide bonds. The summed E-state index contributed by atoms with van der Waals surface area (Å²) >= 11 is 0. The van der Waals surface area contributed by atoms with Gasteiger partial charge in [-0.2, -0.15) is 0 Å². The summed E-state index contributed by atoms with van der Waals surface area (Å²) in [4.78, 5) is 24.6. The number of ether oxygens (including phenoxy) is 1. The molecule has 1 aliphatic rings. The monoisotopic (exact) mass is 381 g/mol. The van der Waals surface area contributed by atoms with Gasteiger partial charge in [-0.3, -0.25) is 9.59 Å². The van der Waals surface area contributed by atoms with Crippen molar-refractivity contribution >= 4 is 23.2 Å². The lowest BCUT2D eigenvalue weighted by atomic mass is 10.1. The molecule has 6 heteroatoms. The number of benzene rings is 2. The maximum atomic E-state index is 12.3. The Labute approximate surface area is 165 Å². The van der Waals surface area contributed by atoms with E-state index in [4.69, 9.17) is 4.74 Å². The molecule has 28 heavy (non-hydrogen) atoms. The van der Waals surface area contributed by atoms with Crippen LogP contribution in [0.3, 0.4) is 0 Å². The Hall–Kier alpha value is -2.86. The molecule has 1 fully saturated rings. The largest absolute Gasteiger partial charge is 0.376 e. The van der Waals surface area contributed by atoms with Gasteiger partial charge in [-0.25, -0.2) is 0 Å². The molecule has 0 aromatic heterocycles.